The number of aliphatic hydroxyl groups is 1. The van der Waals surface area contributed by atoms with Gasteiger partial charge in [-0.1, -0.05) is 18.2 Å². The molecule has 0 fully saturated rings. The first-order valence-electron chi connectivity index (χ1n) is 10.5. The number of hydrogen-bond donors (Lipinski definition) is 4. The minimum Gasteiger partial charge on any atom is -0.508 e. The van der Waals surface area contributed by atoms with Crippen molar-refractivity contribution in [3.63, 3.8) is 0 Å². The molecule has 2 aromatic carbocycles. The van der Waals surface area contributed by atoms with Crippen molar-refractivity contribution in [3.05, 3.63) is 47.5 Å². The minimum absolute atomic E-state index is 0.0752. The van der Waals surface area contributed by atoms with Crippen LogP contribution in [0.5, 0.6) is 11.5 Å². The summed E-state index contributed by atoms with van der Waals surface area (Å²) in [6.07, 6.45) is -0.687. The summed E-state index contributed by atoms with van der Waals surface area (Å²) in [6, 6.07) is 10.5. The number of benzene rings is 2. The highest BCUT2D eigenvalue weighted by Crippen LogP contribution is 2.39. The Bertz CT molecular complexity index is 1040. The van der Waals surface area contributed by atoms with Gasteiger partial charge in [0.2, 0.25) is 0 Å². The summed E-state index contributed by atoms with van der Waals surface area (Å²) >= 11 is 0. The molecule has 32 heavy (non-hydrogen) atoms. The van der Waals surface area contributed by atoms with Gasteiger partial charge in [-0.3, -0.25) is 9.69 Å². The summed E-state index contributed by atoms with van der Waals surface area (Å²) in [6.45, 7) is 4.82. The molecule has 170 valence electrons. The Kier molecular flexibility index (Phi) is 5.94. The molecule has 0 saturated heterocycles. The van der Waals surface area contributed by atoms with Gasteiger partial charge in [-0.2, -0.15) is 0 Å². The lowest BCUT2D eigenvalue weighted by molar-refractivity contribution is -0.118. The molecular formula is C23H27N3O6. The van der Waals surface area contributed by atoms with Crippen LogP contribution >= 0.6 is 0 Å². The number of nitrogens with one attached hydrogen (secondary N) is 2. The lowest BCUT2D eigenvalue weighted by atomic mass is 9.94. The van der Waals surface area contributed by atoms with Crippen molar-refractivity contribution in [1.29, 1.82) is 0 Å². The van der Waals surface area contributed by atoms with Crippen molar-refractivity contribution >= 4 is 23.4 Å². The highest BCUT2D eigenvalue weighted by atomic mass is 16.6. The molecule has 0 aliphatic carbocycles. The molecule has 0 bridgehead atoms. The fourth-order valence-corrected chi connectivity index (χ4v) is 4.03. The summed E-state index contributed by atoms with van der Waals surface area (Å²) in [5, 5.41) is 26.3. The first-order chi connectivity index (χ1) is 15.3. The number of aliphatic hydroxyl groups excluding tert-OH is 1. The molecule has 1 atom stereocenters. The Morgan fingerprint density at radius 2 is 2.03 bits per heavy atom. The molecule has 0 aromatic heterocycles. The average Bonchev–Trinajstić information content (AvgIpc) is 2.74. The van der Waals surface area contributed by atoms with Gasteiger partial charge in [-0.25, -0.2) is 4.79 Å². The van der Waals surface area contributed by atoms with E-state index < -0.39 is 11.7 Å². The van der Waals surface area contributed by atoms with E-state index in [1.54, 1.807) is 4.90 Å². The van der Waals surface area contributed by atoms with E-state index in [9.17, 15) is 19.8 Å². The van der Waals surface area contributed by atoms with Gasteiger partial charge in [0.25, 0.3) is 5.91 Å². The van der Waals surface area contributed by atoms with Crippen LogP contribution < -0.4 is 20.3 Å². The van der Waals surface area contributed by atoms with Crippen LogP contribution in [-0.2, 0) is 15.1 Å². The summed E-state index contributed by atoms with van der Waals surface area (Å²) in [7, 11) is 0. The molecule has 0 radical (unpaired) electrons. The molecular weight excluding hydrogens is 414 g/mol. The van der Waals surface area contributed by atoms with Crippen LogP contribution in [0.3, 0.4) is 0 Å². The van der Waals surface area contributed by atoms with Crippen molar-refractivity contribution in [2.75, 3.05) is 36.5 Å². The molecule has 1 unspecified atom stereocenters. The fourth-order valence-electron chi connectivity index (χ4n) is 4.03. The van der Waals surface area contributed by atoms with Gasteiger partial charge in [0.1, 0.15) is 17.1 Å². The standard InChI is InChI=1S/C23H27N3O6/c1-23(2)16-6-3-4-7-18(16)26(22(30)32-23)9-5-8-24-12-19(28)15-10-14(27)11-17-21(15)31-13-20(29)25-17/h3-4,6-7,10-11,19,24,27-28H,5,8-9,12-13H2,1-2H3,(H,25,29). The van der Waals surface area contributed by atoms with Gasteiger partial charge in [-0.15, -0.1) is 0 Å². The van der Waals surface area contributed by atoms with Crippen molar-refractivity contribution < 1.29 is 29.3 Å². The summed E-state index contributed by atoms with van der Waals surface area (Å²) in [5.41, 5.74) is 1.86. The number of rotatable bonds is 7. The van der Waals surface area contributed by atoms with Crippen LogP contribution in [0.2, 0.25) is 0 Å². The van der Waals surface area contributed by atoms with E-state index in [0.717, 1.165) is 11.3 Å². The lowest BCUT2D eigenvalue weighted by Gasteiger charge is -2.38. The Labute approximate surface area is 185 Å². The molecule has 2 aromatic rings. The van der Waals surface area contributed by atoms with E-state index in [0.29, 0.717) is 36.5 Å². The number of phenolic OH excluding ortho intramolecular Hbond substituents is 1. The number of amides is 2. The van der Waals surface area contributed by atoms with Crippen molar-refractivity contribution in [1.82, 2.24) is 5.32 Å². The Morgan fingerprint density at radius 1 is 1.25 bits per heavy atom. The van der Waals surface area contributed by atoms with Crippen LogP contribution in [0.1, 0.15) is 37.5 Å². The number of carbonyl (C=O) groups is 2. The van der Waals surface area contributed by atoms with Gasteiger partial charge >= 0.3 is 6.09 Å². The van der Waals surface area contributed by atoms with E-state index >= 15 is 0 Å². The number of anilines is 2. The second-order valence-electron chi connectivity index (χ2n) is 8.37. The largest absolute Gasteiger partial charge is 0.508 e. The Morgan fingerprint density at radius 3 is 2.84 bits per heavy atom. The van der Waals surface area contributed by atoms with E-state index in [1.807, 2.05) is 38.1 Å². The predicted molar refractivity (Wildman–Crippen MR) is 118 cm³/mol. The molecule has 4 rings (SSSR count). The number of cyclic esters (lactones) is 1. The molecule has 2 aliphatic rings. The number of para-hydroxylation sites is 1. The van der Waals surface area contributed by atoms with Gasteiger partial charge in [0, 0.05) is 30.3 Å². The molecule has 0 spiro atoms. The van der Waals surface area contributed by atoms with Crippen LogP contribution in [0.4, 0.5) is 16.2 Å². The third-order valence-electron chi connectivity index (χ3n) is 5.56. The third-order valence-corrected chi connectivity index (χ3v) is 5.56. The summed E-state index contributed by atoms with van der Waals surface area (Å²) in [4.78, 5) is 25.6. The fraction of sp³-hybridized carbons (Fsp3) is 0.391. The Hall–Kier alpha value is -3.30. The number of fused-ring (bicyclic) bond motifs is 2. The zero-order valence-corrected chi connectivity index (χ0v) is 18.1. The van der Waals surface area contributed by atoms with E-state index in [4.69, 9.17) is 9.47 Å². The topological polar surface area (TPSA) is 120 Å². The van der Waals surface area contributed by atoms with E-state index in [-0.39, 0.29) is 30.9 Å². The van der Waals surface area contributed by atoms with E-state index in [1.165, 1.54) is 12.1 Å². The molecule has 0 saturated carbocycles. The van der Waals surface area contributed by atoms with E-state index in [2.05, 4.69) is 10.6 Å². The Balaban J connectivity index is 1.33. The molecule has 9 nitrogen and oxygen atoms in total. The second kappa shape index (κ2) is 8.68. The molecule has 2 heterocycles. The van der Waals surface area contributed by atoms with Crippen molar-refractivity contribution in [2.24, 2.45) is 0 Å². The minimum atomic E-state index is -0.952. The van der Waals surface area contributed by atoms with Crippen molar-refractivity contribution in [3.8, 4) is 11.5 Å². The van der Waals surface area contributed by atoms with Gasteiger partial charge in [0.15, 0.2) is 6.61 Å². The SMILES string of the molecule is CC1(C)OC(=O)N(CCCNCC(O)c2cc(O)cc3c2OCC(=O)N3)c2ccccc21. The zero-order valence-electron chi connectivity index (χ0n) is 18.1. The van der Waals surface area contributed by atoms with Crippen LogP contribution in [0.15, 0.2) is 36.4 Å². The zero-order chi connectivity index (χ0) is 22.9. The smallest absolute Gasteiger partial charge is 0.415 e. The predicted octanol–water partition coefficient (Wildman–Crippen LogP) is 2.63. The maximum absolute atomic E-state index is 12.5. The number of carbonyl (C=O) groups excluding carboxylic acids is 2. The highest BCUT2D eigenvalue weighted by Gasteiger charge is 2.37. The quantitative estimate of drug-likeness (QED) is 0.488. The van der Waals surface area contributed by atoms with Gasteiger partial charge in [0.05, 0.1) is 17.5 Å². The monoisotopic (exact) mass is 441 g/mol. The summed E-state index contributed by atoms with van der Waals surface area (Å²) in [5.74, 6) is -0.0383. The number of ether oxygens (including phenoxy) is 2. The maximum Gasteiger partial charge on any atom is 0.415 e. The van der Waals surface area contributed by atoms with Crippen LogP contribution in [-0.4, -0.2) is 48.5 Å². The highest BCUT2D eigenvalue weighted by molar-refractivity contribution is 5.96. The first-order valence-corrected chi connectivity index (χ1v) is 10.5. The average molecular weight is 441 g/mol. The summed E-state index contributed by atoms with van der Waals surface area (Å²) < 4.78 is 11.0. The van der Waals surface area contributed by atoms with Crippen LogP contribution in [0.25, 0.3) is 0 Å². The third kappa shape index (κ3) is 4.35. The van der Waals surface area contributed by atoms with Gasteiger partial charge in [-0.05, 0) is 38.9 Å². The molecule has 2 amide bonds. The van der Waals surface area contributed by atoms with Crippen molar-refractivity contribution in [2.45, 2.75) is 32.0 Å². The second-order valence-corrected chi connectivity index (χ2v) is 8.37. The molecule has 4 N–H and O–H groups in total. The lowest BCUT2D eigenvalue weighted by Crippen LogP contribution is -2.44. The normalized spacial score (nSPS) is 17.5. The number of nitrogens with zero attached hydrogens (tertiary/aromatic N) is 1. The maximum atomic E-state index is 12.5. The van der Waals surface area contributed by atoms with Gasteiger partial charge < -0.3 is 30.3 Å². The number of phenols is 1. The number of hydrogen-bond acceptors (Lipinski definition) is 7. The van der Waals surface area contributed by atoms with Crippen LogP contribution in [0, 0.1) is 0 Å². The number of aromatic hydroxyl groups is 1. The first kappa shape index (κ1) is 21.9. The molecule has 2 aliphatic heterocycles. The molecule has 9 heteroatoms.